The Labute approximate surface area is 160 Å². The van der Waals surface area contributed by atoms with Crippen molar-refractivity contribution in [1.29, 1.82) is 0 Å². The number of Topliss-reactive ketones (excluding diaryl/α,β-unsaturated/α-hetero) is 1. The number of carbonyl (C=O) groups is 2. The maximum Gasteiger partial charge on any atom is 0.318 e. The molecular weight excluding hydrogens is 340 g/mol. The van der Waals surface area contributed by atoms with Crippen LogP contribution in [-0.4, -0.2) is 46.9 Å². The number of ketones is 1. The molecule has 142 valence electrons. The van der Waals surface area contributed by atoms with Crippen molar-refractivity contribution in [2.45, 2.75) is 32.4 Å². The van der Waals surface area contributed by atoms with Gasteiger partial charge in [-0.25, -0.2) is 4.79 Å². The molecule has 3 rings (SSSR count). The molecule has 1 aliphatic rings. The molecule has 1 aromatic carbocycles. The average molecular weight is 366 g/mol. The number of aryl methyl sites for hydroxylation is 1. The van der Waals surface area contributed by atoms with Gasteiger partial charge in [-0.05, 0) is 44.5 Å². The summed E-state index contributed by atoms with van der Waals surface area (Å²) >= 11 is 0. The van der Waals surface area contributed by atoms with Crippen LogP contribution < -0.4 is 10.6 Å². The standard InChI is InChI=1S/C21H26N4O2/c1-3-25(14-17-7-5-4-6-8-17)20(27)24-21(11-12-22-15-21)19(26)18-10-9-16(2)23-13-18/h4-10,13,22H,3,11-12,14-15H2,1-2H3,(H,24,27)/t21-/m1/s1. The fourth-order valence-electron chi connectivity index (χ4n) is 3.34. The maximum absolute atomic E-state index is 13.2. The van der Waals surface area contributed by atoms with Crippen LogP contribution in [0.25, 0.3) is 0 Å². The number of aromatic nitrogens is 1. The van der Waals surface area contributed by atoms with Gasteiger partial charge < -0.3 is 15.5 Å². The van der Waals surface area contributed by atoms with E-state index in [0.717, 1.165) is 11.3 Å². The van der Waals surface area contributed by atoms with E-state index in [9.17, 15) is 9.59 Å². The maximum atomic E-state index is 13.2. The lowest BCUT2D eigenvalue weighted by molar-refractivity contribution is 0.0862. The first-order chi connectivity index (χ1) is 13.0. The van der Waals surface area contributed by atoms with Crippen LogP contribution in [0.1, 0.15) is 35.0 Å². The Morgan fingerprint density at radius 2 is 2.00 bits per heavy atom. The molecule has 1 saturated heterocycles. The van der Waals surface area contributed by atoms with E-state index < -0.39 is 5.54 Å². The molecule has 2 N–H and O–H groups in total. The second-order valence-electron chi connectivity index (χ2n) is 6.96. The summed E-state index contributed by atoms with van der Waals surface area (Å²) in [5.41, 5.74) is 1.50. The van der Waals surface area contributed by atoms with Gasteiger partial charge in [-0.2, -0.15) is 0 Å². The summed E-state index contributed by atoms with van der Waals surface area (Å²) < 4.78 is 0. The molecule has 0 bridgehead atoms. The Bertz CT molecular complexity index is 784. The molecule has 0 saturated carbocycles. The van der Waals surface area contributed by atoms with Crippen molar-refractivity contribution in [3.8, 4) is 0 Å². The van der Waals surface area contributed by atoms with Gasteiger partial charge in [-0.15, -0.1) is 0 Å². The third-order valence-electron chi connectivity index (χ3n) is 4.99. The SMILES string of the molecule is CCN(Cc1ccccc1)C(=O)N[C@]1(C(=O)c2ccc(C)nc2)CCNC1. The number of urea groups is 1. The monoisotopic (exact) mass is 366 g/mol. The Balaban J connectivity index is 1.77. The smallest absolute Gasteiger partial charge is 0.318 e. The van der Waals surface area contributed by atoms with Crippen LogP contribution in [0.15, 0.2) is 48.7 Å². The number of amides is 2. The van der Waals surface area contributed by atoms with E-state index in [1.54, 1.807) is 17.2 Å². The predicted octanol–water partition coefficient (Wildman–Crippen LogP) is 2.54. The fourth-order valence-corrected chi connectivity index (χ4v) is 3.34. The van der Waals surface area contributed by atoms with Gasteiger partial charge in [0.05, 0.1) is 0 Å². The number of rotatable bonds is 6. The molecule has 2 heterocycles. The van der Waals surface area contributed by atoms with Crippen LogP contribution >= 0.6 is 0 Å². The highest BCUT2D eigenvalue weighted by atomic mass is 16.2. The van der Waals surface area contributed by atoms with Crippen molar-refractivity contribution in [2.24, 2.45) is 0 Å². The Hall–Kier alpha value is -2.73. The van der Waals surface area contributed by atoms with E-state index in [1.165, 1.54) is 0 Å². The Kier molecular flexibility index (Phi) is 5.86. The predicted molar refractivity (Wildman–Crippen MR) is 105 cm³/mol. The summed E-state index contributed by atoms with van der Waals surface area (Å²) in [5.74, 6) is -0.0934. The van der Waals surface area contributed by atoms with E-state index in [4.69, 9.17) is 0 Å². The number of pyridine rings is 1. The summed E-state index contributed by atoms with van der Waals surface area (Å²) in [5, 5.41) is 6.24. The molecule has 6 nitrogen and oxygen atoms in total. The molecule has 27 heavy (non-hydrogen) atoms. The first-order valence-corrected chi connectivity index (χ1v) is 9.33. The zero-order chi connectivity index (χ0) is 19.3. The lowest BCUT2D eigenvalue weighted by atomic mass is 9.89. The van der Waals surface area contributed by atoms with Crippen LogP contribution in [0.4, 0.5) is 4.79 Å². The summed E-state index contributed by atoms with van der Waals surface area (Å²) in [7, 11) is 0. The lowest BCUT2D eigenvalue weighted by Gasteiger charge is -2.31. The van der Waals surface area contributed by atoms with Gasteiger partial charge in [0, 0.05) is 37.1 Å². The van der Waals surface area contributed by atoms with Gasteiger partial charge in [-0.1, -0.05) is 30.3 Å². The van der Waals surface area contributed by atoms with Crippen LogP contribution in [0.5, 0.6) is 0 Å². The van der Waals surface area contributed by atoms with E-state index >= 15 is 0 Å². The minimum Gasteiger partial charge on any atom is -0.324 e. The van der Waals surface area contributed by atoms with Gasteiger partial charge in [-0.3, -0.25) is 9.78 Å². The second-order valence-corrected chi connectivity index (χ2v) is 6.96. The molecule has 0 radical (unpaired) electrons. The van der Waals surface area contributed by atoms with Crippen LogP contribution in [0, 0.1) is 6.92 Å². The van der Waals surface area contributed by atoms with Gasteiger partial charge in [0.2, 0.25) is 0 Å². The number of carbonyl (C=O) groups excluding carboxylic acids is 2. The van der Waals surface area contributed by atoms with E-state index in [2.05, 4.69) is 15.6 Å². The number of nitrogens with zero attached hydrogens (tertiary/aromatic N) is 2. The molecule has 1 atom stereocenters. The number of benzene rings is 1. The highest BCUT2D eigenvalue weighted by molar-refractivity contribution is 6.05. The van der Waals surface area contributed by atoms with Crippen molar-refractivity contribution in [1.82, 2.24) is 20.5 Å². The second kappa shape index (κ2) is 8.31. The average Bonchev–Trinajstić information content (AvgIpc) is 3.16. The molecular formula is C21H26N4O2. The van der Waals surface area contributed by atoms with Crippen molar-refractivity contribution in [3.63, 3.8) is 0 Å². The first-order valence-electron chi connectivity index (χ1n) is 9.33. The summed E-state index contributed by atoms with van der Waals surface area (Å²) in [6.07, 6.45) is 2.15. The van der Waals surface area contributed by atoms with E-state index in [-0.39, 0.29) is 11.8 Å². The number of nitrogens with one attached hydrogen (secondary N) is 2. The topological polar surface area (TPSA) is 74.3 Å². The molecule has 1 aliphatic heterocycles. The highest BCUT2D eigenvalue weighted by Crippen LogP contribution is 2.22. The van der Waals surface area contributed by atoms with Gasteiger partial charge in [0.25, 0.3) is 0 Å². The van der Waals surface area contributed by atoms with Gasteiger partial charge in [0.1, 0.15) is 5.54 Å². The van der Waals surface area contributed by atoms with Crippen LogP contribution in [-0.2, 0) is 6.54 Å². The van der Waals surface area contributed by atoms with Gasteiger partial charge >= 0.3 is 6.03 Å². The zero-order valence-corrected chi connectivity index (χ0v) is 15.9. The molecule has 2 aromatic rings. The molecule has 0 spiro atoms. The minimum atomic E-state index is -0.932. The van der Waals surface area contributed by atoms with Crippen molar-refractivity contribution < 1.29 is 9.59 Å². The third-order valence-corrected chi connectivity index (χ3v) is 4.99. The summed E-state index contributed by atoms with van der Waals surface area (Å²) in [6, 6.07) is 13.2. The molecule has 1 fully saturated rings. The highest BCUT2D eigenvalue weighted by Gasteiger charge is 2.43. The molecule has 6 heteroatoms. The quantitative estimate of drug-likeness (QED) is 0.771. The third kappa shape index (κ3) is 4.34. The molecule has 2 amide bonds. The molecule has 1 aromatic heterocycles. The van der Waals surface area contributed by atoms with Crippen LogP contribution in [0.2, 0.25) is 0 Å². The van der Waals surface area contributed by atoms with Crippen LogP contribution in [0.3, 0.4) is 0 Å². The van der Waals surface area contributed by atoms with E-state index in [0.29, 0.717) is 38.2 Å². The minimum absolute atomic E-state index is 0.0934. The first kappa shape index (κ1) is 19.0. The normalized spacial score (nSPS) is 18.9. The van der Waals surface area contributed by atoms with Crippen molar-refractivity contribution >= 4 is 11.8 Å². The number of hydrogen-bond donors (Lipinski definition) is 2. The summed E-state index contributed by atoms with van der Waals surface area (Å²) in [4.78, 5) is 32.1. The lowest BCUT2D eigenvalue weighted by Crippen LogP contribution is -2.59. The summed E-state index contributed by atoms with van der Waals surface area (Å²) in [6.45, 7) is 6.00. The largest absolute Gasteiger partial charge is 0.324 e. The zero-order valence-electron chi connectivity index (χ0n) is 15.9. The molecule has 0 aliphatic carbocycles. The Morgan fingerprint density at radius 1 is 1.22 bits per heavy atom. The van der Waals surface area contributed by atoms with E-state index in [1.807, 2.05) is 50.2 Å². The van der Waals surface area contributed by atoms with Crippen molar-refractivity contribution in [2.75, 3.05) is 19.6 Å². The van der Waals surface area contributed by atoms with Crippen molar-refractivity contribution in [3.05, 3.63) is 65.5 Å². The van der Waals surface area contributed by atoms with Gasteiger partial charge in [0.15, 0.2) is 5.78 Å². The fraction of sp³-hybridized carbons (Fsp3) is 0.381. The molecule has 0 unspecified atom stereocenters. The Morgan fingerprint density at radius 3 is 2.59 bits per heavy atom. The number of hydrogen-bond acceptors (Lipinski definition) is 4.